The van der Waals surface area contributed by atoms with Gasteiger partial charge in [0, 0.05) is 22.6 Å². The van der Waals surface area contributed by atoms with E-state index in [2.05, 4.69) is 146 Å². The molecule has 5 aromatic rings. The highest BCUT2D eigenvalue weighted by Gasteiger charge is 2.19. The van der Waals surface area contributed by atoms with Crippen molar-refractivity contribution in [1.82, 2.24) is 0 Å². The van der Waals surface area contributed by atoms with Gasteiger partial charge in [-0.1, -0.05) is 139 Å². The summed E-state index contributed by atoms with van der Waals surface area (Å²) in [5.74, 6) is 0.903. The lowest BCUT2D eigenvalue weighted by atomic mass is 10.3. The van der Waals surface area contributed by atoms with Gasteiger partial charge in [0.2, 0.25) is 0 Å². The minimum atomic E-state index is -0.952. The summed E-state index contributed by atoms with van der Waals surface area (Å²) in [7, 11) is -1.53. The molecule has 0 spiro atoms. The van der Waals surface area contributed by atoms with E-state index < -0.39 is 15.3 Å². The van der Waals surface area contributed by atoms with Gasteiger partial charge in [-0.25, -0.2) is 0 Å². The van der Waals surface area contributed by atoms with Crippen LogP contribution in [0.5, 0.6) is 5.75 Å². The first-order chi connectivity index (χ1) is 16.9. The quantitative estimate of drug-likeness (QED) is 0.210. The van der Waals surface area contributed by atoms with E-state index >= 15 is 0 Å². The fourth-order valence-electron chi connectivity index (χ4n) is 3.56. The molecule has 0 atom stereocenters. The Bertz CT molecular complexity index is 1120. The van der Waals surface area contributed by atoms with Crippen LogP contribution in [0.1, 0.15) is 0 Å². The summed E-state index contributed by atoms with van der Waals surface area (Å²) < 4.78 is 6.68. The zero-order valence-electron chi connectivity index (χ0n) is 18.6. The molecule has 0 aliphatic carbocycles. The number of rotatable bonds is 8. The topological polar surface area (TPSA) is 9.23 Å². The smallest absolute Gasteiger partial charge is 0.150 e. The maximum absolute atomic E-state index is 6.68. The van der Waals surface area contributed by atoms with Gasteiger partial charge in [-0.3, -0.25) is 0 Å². The Morgan fingerprint density at radius 1 is 0.441 bits per heavy atom. The lowest BCUT2D eigenvalue weighted by molar-refractivity contribution is 0.627. The fourth-order valence-corrected chi connectivity index (χ4v) is 9.53. The van der Waals surface area contributed by atoms with Gasteiger partial charge in [0.15, 0.2) is 8.15 Å². The van der Waals surface area contributed by atoms with Crippen molar-refractivity contribution < 1.29 is 4.52 Å². The Morgan fingerprint density at radius 3 is 1.35 bits per heavy atom. The van der Waals surface area contributed by atoms with Gasteiger partial charge in [0.1, 0.15) is 5.75 Å². The summed E-state index contributed by atoms with van der Waals surface area (Å²) in [5.41, 5.74) is 0. The maximum atomic E-state index is 6.68. The van der Waals surface area contributed by atoms with E-state index in [1.165, 1.54) is 26.1 Å². The Labute approximate surface area is 208 Å². The van der Waals surface area contributed by atoms with E-state index in [0.29, 0.717) is 0 Å². The van der Waals surface area contributed by atoms with E-state index in [-0.39, 0.29) is 0 Å². The molecule has 1 nitrogen and oxygen atoms in total. The minimum absolute atomic E-state index is 0.581. The molecule has 0 aliphatic heterocycles. The van der Waals surface area contributed by atoms with Crippen LogP contribution in [0, 0.1) is 0 Å². The summed E-state index contributed by atoms with van der Waals surface area (Å²) in [4.78, 5) is 1.22. The van der Waals surface area contributed by atoms with Gasteiger partial charge in [0.05, 0.1) is 0 Å². The lowest BCUT2D eigenvalue weighted by Gasteiger charge is -2.21. The highest BCUT2D eigenvalue weighted by Crippen LogP contribution is 2.52. The molecule has 0 heterocycles. The number of hydrogen-bond donors (Lipinski definition) is 0. The Morgan fingerprint density at radius 2 is 0.882 bits per heavy atom. The van der Waals surface area contributed by atoms with Crippen molar-refractivity contribution >= 4 is 47.9 Å². The van der Waals surface area contributed by atoms with Gasteiger partial charge in [-0.2, -0.15) is 0 Å². The van der Waals surface area contributed by atoms with Crippen molar-refractivity contribution in [2.24, 2.45) is 0 Å². The Kier molecular flexibility index (Phi) is 7.74. The molecule has 0 N–H and O–H groups in total. The molecule has 34 heavy (non-hydrogen) atoms. The SMILES string of the molecule is c1ccc(P(Oc2cccc(SP(c3ccccc3)c3ccccc3)c2)c2ccccc2)cc1. The van der Waals surface area contributed by atoms with Crippen LogP contribution in [0.4, 0.5) is 0 Å². The molecular formula is C30H24OP2S. The molecular weight excluding hydrogens is 470 g/mol. The Balaban J connectivity index is 1.44. The standard InChI is InChI=1S/C30H24OP2S/c1-5-15-26(16-6-1)32(27-17-7-2-8-18-27)31-25-14-13-23-30(24-25)34-33(28-19-9-3-10-20-28)29-21-11-4-12-22-29/h1-24H. The van der Waals surface area contributed by atoms with Crippen LogP contribution in [0.15, 0.2) is 150 Å². The first-order valence-electron chi connectivity index (χ1n) is 11.1. The summed E-state index contributed by atoms with van der Waals surface area (Å²) in [6, 6.07) is 51.2. The van der Waals surface area contributed by atoms with E-state index in [0.717, 1.165) is 5.75 Å². The number of benzene rings is 5. The van der Waals surface area contributed by atoms with E-state index in [9.17, 15) is 0 Å². The van der Waals surface area contributed by atoms with Crippen LogP contribution in [0.3, 0.4) is 0 Å². The predicted octanol–water partition coefficient (Wildman–Crippen LogP) is 7.25. The molecule has 0 radical (unpaired) electrons. The summed E-state index contributed by atoms with van der Waals surface area (Å²) in [6.07, 6.45) is 0. The van der Waals surface area contributed by atoms with Gasteiger partial charge in [0.25, 0.3) is 0 Å². The largest absolute Gasteiger partial charge is 0.464 e. The first kappa shape index (κ1) is 22.9. The van der Waals surface area contributed by atoms with Crippen molar-refractivity contribution in [3.8, 4) is 5.75 Å². The van der Waals surface area contributed by atoms with E-state index in [1.807, 2.05) is 11.4 Å². The second-order valence-electron chi connectivity index (χ2n) is 7.59. The van der Waals surface area contributed by atoms with Crippen molar-refractivity contribution in [2.45, 2.75) is 4.90 Å². The molecule has 0 saturated heterocycles. The molecule has 5 aromatic carbocycles. The molecule has 0 amide bonds. The van der Waals surface area contributed by atoms with Crippen LogP contribution in [-0.4, -0.2) is 0 Å². The predicted molar refractivity (Wildman–Crippen MR) is 151 cm³/mol. The van der Waals surface area contributed by atoms with Crippen molar-refractivity contribution in [3.63, 3.8) is 0 Å². The highest BCUT2D eigenvalue weighted by atomic mass is 32.7. The second kappa shape index (κ2) is 11.5. The molecule has 4 heteroatoms. The fraction of sp³-hybridized carbons (Fsp3) is 0. The number of hydrogen-bond acceptors (Lipinski definition) is 2. The monoisotopic (exact) mass is 494 g/mol. The van der Waals surface area contributed by atoms with Gasteiger partial charge < -0.3 is 4.52 Å². The van der Waals surface area contributed by atoms with Crippen LogP contribution < -0.4 is 25.7 Å². The third-order valence-electron chi connectivity index (χ3n) is 5.16. The zero-order chi connectivity index (χ0) is 23.0. The van der Waals surface area contributed by atoms with Crippen LogP contribution >= 0.6 is 26.7 Å². The van der Waals surface area contributed by atoms with Gasteiger partial charge >= 0.3 is 0 Å². The molecule has 0 saturated carbocycles. The minimum Gasteiger partial charge on any atom is -0.464 e. The molecule has 0 fully saturated rings. The maximum Gasteiger partial charge on any atom is 0.150 e. The van der Waals surface area contributed by atoms with E-state index in [1.54, 1.807) is 0 Å². The highest BCUT2D eigenvalue weighted by molar-refractivity contribution is 8.60. The molecule has 0 aromatic heterocycles. The summed E-state index contributed by atoms with van der Waals surface area (Å²) in [6.45, 7) is 0. The summed E-state index contributed by atoms with van der Waals surface area (Å²) >= 11 is 1.92. The average Bonchev–Trinajstić information content (AvgIpc) is 2.92. The second-order valence-corrected chi connectivity index (χ2v) is 13.3. The average molecular weight is 495 g/mol. The van der Waals surface area contributed by atoms with E-state index in [4.69, 9.17) is 4.52 Å². The molecule has 0 bridgehead atoms. The van der Waals surface area contributed by atoms with Crippen molar-refractivity contribution in [3.05, 3.63) is 146 Å². The van der Waals surface area contributed by atoms with Gasteiger partial charge in [-0.15, -0.1) is 0 Å². The third-order valence-corrected chi connectivity index (χ3v) is 11.7. The lowest BCUT2D eigenvalue weighted by Crippen LogP contribution is -2.15. The third kappa shape index (κ3) is 5.78. The van der Waals surface area contributed by atoms with Crippen molar-refractivity contribution in [1.29, 1.82) is 0 Å². The van der Waals surface area contributed by atoms with Gasteiger partial charge in [-0.05, 0) is 28.8 Å². The molecule has 0 aliphatic rings. The summed E-state index contributed by atoms with van der Waals surface area (Å²) in [5, 5.41) is 5.13. The molecule has 166 valence electrons. The van der Waals surface area contributed by atoms with Crippen LogP contribution in [0.25, 0.3) is 0 Å². The Hall–Kier alpha value is -2.89. The molecule has 5 rings (SSSR count). The van der Waals surface area contributed by atoms with Crippen LogP contribution in [0.2, 0.25) is 0 Å². The van der Waals surface area contributed by atoms with Crippen LogP contribution in [-0.2, 0) is 0 Å². The van der Waals surface area contributed by atoms with Crippen molar-refractivity contribution in [2.75, 3.05) is 0 Å². The molecule has 0 unspecified atom stereocenters. The first-order valence-corrected chi connectivity index (χ1v) is 15.2. The normalized spacial score (nSPS) is 11.0. The zero-order valence-corrected chi connectivity index (χ0v) is 21.2.